The van der Waals surface area contributed by atoms with Gasteiger partial charge >= 0.3 is 5.97 Å². The van der Waals surface area contributed by atoms with Gasteiger partial charge in [-0.15, -0.1) is 0 Å². The fraction of sp³-hybridized carbons (Fsp3) is 0.444. The molecular weight excluding hydrogens is 294 g/mol. The maximum atomic E-state index is 12.0. The van der Waals surface area contributed by atoms with E-state index in [-0.39, 0.29) is 11.9 Å². The first kappa shape index (κ1) is 17.1. The molecule has 1 aliphatic rings. The zero-order valence-electron chi connectivity index (χ0n) is 13.6. The summed E-state index contributed by atoms with van der Waals surface area (Å²) in [6, 6.07) is 7.53. The van der Waals surface area contributed by atoms with Gasteiger partial charge in [-0.3, -0.25) is 4.79 Å². The normalized spacial score (nSPS) is 16.3. The Morgan fingerprint density at radius 3 is 2.74 bits per heavy atom. The van der Waals surface area contributed by atoms with Crippen molar-refractivity contribution in [3.05, 3.63) is 35.9 Å². The number of esters is 1. The smallest absolute Gasteiger partial charge is 0.331 e. The number of rotatable bonds is 6. The van der Waals surface area contributed by atoms with Gasteiger partial charge in [-0.25, -0.2) is 4.79 Å². The number of carbonyl (C=O) groups excluding carboxylic acids is 2. The van der Waals surface area contributed by atoms with Crippen LogP contribution in [0.5, 0.6) is 5.75 Å². The monoisotopic (exact) mass is 317 g/mol. The molecule has 0 unspecified atom stereocenters. The molecule has 0 heterocycles. The SMILES string of the molecule is COc1cccc(/C=C/C(=O)O[C@H](C)C(=O)NC2CCCC2)c1. The molecule has 5 heteroatoms. The third-order valence-electron chi connectivity index (χ3n) is 3.87. The van der Waals surface area contributed by atoms with Crippen LogP contribution in [0.4, 0.5) is 0 Å². The summed E-state index contributed by atoms with van der Waals surface area (Å²) in [5, 5.41) is 2.92. The molecular formula is C18H23NO4. The zero-order valence-corrected chi connectivity index (χ0v) is 13.6. The first-order valence-corrected chi connectivity index (χ1v) is 7.91. The van der Waals surface area contributed by atoms with Gasteiger partial charge in [0.15, 0.2) is 6.10 Å². The van der Waals surface area contributed by atoms with E-state index in [0.29, 0.717) is 5.75 Å². The highest BCUT2D eigenvalue weighted by molar-refractivity contribution is 5.90. The molecule has 0 bridgehead atoms. The van der Waals surface area contributed by atoms with E-state index in [1.807, 2.05) is 18.2 Å². The molecule has 0 radical (unpaired) electrons. The number of hydrogen-bond acceptors (Lipinski definition) is 4. The molecule has 0 spiro atoms. The Balaban J connectivity index is 1.82. The molecule has 1 aromatic carbocycles. The molecule has 124 valence electrons. The molecule has 0 aromatic heterocycles. The van der Waals surface area contributed by atoms with Gasteiger partial charge in [0.1, 0.15) is 5.75 Å². The summed E-state index contributed by atoms with van der Waals surface area (Å²) in [4.78, 5) is 23.8. The second kappa shape index (κ2) is 8.36. The average molecular weight is 317 g/mol. The number of carbonyl (C=O) groups is 2. The Hall–Kier alpha value is -2.30. The van der Waals surface area contributed by atoms with Crippen LogP contribution in [0.15, 0.2) is 30.3 Å². The van der Waals surface area contributed by atoms with Crippen molar-refractivity contribution in [2.45, 2.75) is 44.8 Å². The summed E-state index contributed by atoms with van der Waals surface area (Å²) < 4.78 is 10.2. The van der Waals surface area contributed by atoms with Crippen LogP contribution >= 0.6 is 0 Å². The third-order valence-corrected chi connectivity index (χ3v) is 3.87. The van der Waals surface area contributed by atoms with Crippen molar-refractivity contribution in [3.8, 4) is 5.75 Å². The second-order valence-electron chi connectivity index (χ2n) is 5.68. The maximum Gasteiger partial charge on any atom is 0.331 e. The first-order chi connectivity index (χ1) is 11.1. The summed E-state index contributed by atoms with van der Waals surface area (Å²) in [6.45, 7) is 1.58. The first-order valence-electron chi connectivity index (χ1n) is 7.91. The van der Waals surface area contributed by atoms with Crippen molar-refractivity contribution in [3.63, 3.8) is 0 Å². The van der Waals surface area contributed by atoms with Crippen LogP contribution in [0.25, 0.3) is 6.08 Å². The lowest BCUT2D eigenvalue weighted by molar-refractivity contribution is -0.150. The minimum absolute atomic E-state index is 0.218. The fourth-order valence-corrected chi connectivity index (χ4v) is 2.57. The largest absolute Gasteiger partial charge is 0.497 e. The Labute approximate surface area is 136 Å². The van der Waals surface area contributed by atoms with Crippen LogP contribution in [0, 0.1) is 0 Å². The summed E-state index contributed by atoms with van der Waals surface area (Å²) in [5.41, 5.74) is 0.823. The van der Waals surface area contributed by atoms with Gasteiger partial charge in [0, 0.05) is 12.1 Å². The Morgan fingerprint density at radius 1 is 1.30 bits per heavy atom. The van der Waals surface area contributed by atoms with Gasteiger partial charge in [0.25, 0.3) is 5.91 Å². The Morgan fingerprint density at radius 2 is 2.04 bits per heavy atom. The standard InChI is InChI=1S/C18H23NO4/c1-13(18(21)19-15-7-3-4-8-15)23-17(20)11-10-14-6-5-9-16(12-14)22-2/h5-6,9-13,15H,3-4,7-8H2,1-2H3,(H,19,21)/b11-10+/t13-/m1/s1. The number of ether oxygens (including phenoxy) is 2. The van der Waals surface area contributed by atoms with Crippen molar-refractivity contribution in [2.24, 2.45) is 0 Å². The van der Waals surface area contributed by atoms with Crippen molar-refractivity contribution in [2.75, 3.05) is 7.11 Å². The minimum atomic E-state index is -0.793. The maximum absolute atomic E-state index is 12.0. The van der Waals surface area contributed by atoms with E-state index < -0.39 is 12.1 Å². The van der Waals surface area contributed by atoms with Crippen LogP contribution in [0.1, 0.15) is 38.2 Å². The number of hydrogen-bond donors (Lipinski definition) is 1. The lowest BCUT2D eigenvalue weighted by Gasteiger charge is -2.16. The van der Waals surface area contributed by atoms with E-state index >= 15 is 0 Å². The number of methoxy groups -OCH3 is 1. The predicted octanol–water partition coefficient (Wildman–Crippen LogP) is 2.70. The lowest BCUT2D eigenvalue weighted by Crippen LogP contribution is -2.40. The van der Waals surface area contributed by atoms with Crippen molar-refractivity contribution >= 4 is 18.0 Å². The van der Waals surface area contributed by atoms with E-state index in [1.165, 1.54) is 6.08 Å². The van der Waals surface area contributed by atoms with Gasteiger partial charge in [0.2, 0.25) is 0 Å². The van der Waals surface area contributed by atoms with Crippen LogP contribution < -0.4 is 10.1 Å². The minimum Gasteiger partial charge on any atom is -0.497 e. The van der Waals surface area contributed by atoms with Crippen molar-refractivity contribution in [1.82, 2.24) is 5.32 Å². The molecule has 1 N–H and O–H groups in total. The summed E-state index contributed by atoms with van der Waals surface area (Å²) in [7, 11) is 1.59. The Bertz CT molecular complexity index is 576. The van der Waals surface area contributed by atoms with Gasteiger partial charge < -0.3 is 14.8 Å². The van der Waals surface area contributed by atoms with E-state index in [9.17, 15) is 9.59 Å². The van der Waals surface area contributed by atoms with E-state index in [0.717, 1.165) is 31.2 Å². The van der Waals surface area contributed by atoms with E-state index in [1.54, 1.807) is 26.2 Å². The van der Waals surface area contributed by atoms with Crippen molar-refractivity contribution in [1.29, 1.82) is 0 Å². The molecule has 2 rings (SSSR count). The van der Waals surface area contributed by atoms with Crippen LogP contribution in [0.2, 0.25) is 0 Å². The van der Waals surface area contributed by atoms with Gasteiger partial charge in [0.05, 0.1) is 7.11 Å². The zero-order chi connectivity index (χ0) is 16.7. The number of benzene rings is 1. The quantitative estimate of drug-likeness (QED) is 0.647. The highest BCUT2D eigenvalue weighted by atomic mass is 16.5. The molecule has 1 fully saturated rings. The predicted molar refractivity (Wildman–Crippen MR) is 88.0 cm³/mol. The highest BCUT2D eigenvalue weighted by Gasteiger charge is 2.22. The average Bonchev–Trinajstić information content (AvgIpc) is 3.06. The lowest BCUT2D eigenvalue weighted by atomic mass is 10.2. The third kappa shape index (κ3) is 5.43. The molecule has 1 aliphatic carbocycles. The van der Waals surface area contributed by atoms with Gasteiger partial charge in [-0.05, 0) is 43.5 Å². The highest BCUT2D eigenvalue weighted by Crippen LogP contribution is 2.18. The number of amides is 1. The van der Waals surface area contributed by atoms with Crippen LogP contribution in [0.3, 0.4) is 0 Å². The summed E-state index contributed by atoms with van der Waals surface area (Å²) in [5.74, 6) is -0.0632. The summed E-state index contributed by atoms with van der Waals surface area (Å²) >= 11 is 0. The topological polar surface area (TPSA) is 64.6 Å². The van der Waals surface area contributed by atoms with Crippen LogP contribution in [-0.4, -0.2) is 31.1 Å². The molecule has 23 heavy (non-hydrogen) atoms. The second-order valence-corrected chi connectivity index (χ2v) is 5.68. The molecule has 0 saturated heterocycles. The molecule has 5 nitrogen and oxygen atoms in total. The summed E-state index contributed by atoms with van der Waals surface area (Å²) in [6.07, 6.45) is 6.44. The van der Waals surface area contributed by atoms with Gasteiger partial charge in [-0.1, -0.05) is 25.0 Å². The van der Waals surface area contributed by atoms with Crippen LogP contribution in [-0.2, 0) is 14.3 Å². The number of nitrogens with one attached hydrogen (secondary N) is 1. The molecule has 1 saturated carbocycles. The van der Waals surface area contributed by atoms with E-state index in [4.69, 9.17) is 9.47 Å². The van der Waals surface area contributed by atoms with Gasteiger partial charge in [-0.2, -0.15) is 0 Å². The molecule has 1 amide bonds. The van der Waals surface area contributed by atoms with Crippen molar-refractivity contribution < 1.29 is 19.1 Å². The molecule has 1 aromatic rings. The molecule has 1 atom stereocenters. The Kier molecular flexibility index (Phi) is 6.20. The fourth-order valence-electron chi connectivity index (χ4n) is 2.57. The van der Waals surface area contributed by atoms with E-state index in [2.05, 4.69) is 5.32 Å². The molecule has 0 aliphatic heterocycles.